The number of carbonyl (C=O) groups is 1. The van der Waals surface area contributed by atoms with Crippen molar-refractivity contribution in [1.82, 2.24) is 9.62 Å². The Morgan fingerprint density at radius 2 is 1.79 bits per heavy atom. The summed E-state index contributed by atoms with van der Waals surface area (Å²) >= 11 is 7.30. The first-order valence-electron chi connectivity index (χ1n) is 8.42. The molecule has 0 bridgehead atoms. The molecule has 1 aliphatic heterocycles. The van der Waals surface area contributed by atoms with Gasteiger partial charge in [-0.05, 0) is 77.3 Å². The Labute approximate surface area is 182 Å². The molecule has 0 saturated carbocycles. The van der Waals surface area contributed by atoms with Crippen LogP contribution in [0.5, 0.6) is 0 Å². The Kier molecular flexibility index (Phi) is 6.99. The van der Waals surface area contributed by atoms with Crippen molar-refractivity contribution in [1.29, 1.82) is 0 Å². The Hall–Kier alpha value is -1.60. The van der Waals surface area contributed by atoms with Gasteiger partial charge in [-0.1, -0.05) is 6.07 Å². The van der Waals surface area contributed by atoms with Crippen LogP contribution in [0.2, 0.25) is 0 Å². The number of sulfonamides is 1. The summed E-state index contributed by atoms with van der Waals surface area (Å²) < 4.78 is 32.8. The van der Waals surface area contributed by atoms with Gasteiger partial charge in [0.2, 0.25) is 10.0 Å². The van der Waals surface area contributed by atoms with Crippen molar-refractivity contribution >= 4 is 61.5 Å². The highest BCUT2D eigenvalue weighted by atomic mass is 127. The number of benzene rings is 2. The van der Waals surface area contributed by atoms with Crippen LogP contribution in [0.15, 0.2) is 53.4 Å². The summed E-state index contributed by atoms with van der Waals surface area (Å²) in [5.41, 5.74) is 1.08. The zero-order valence-electron chi connectivity index (χ0n) is 14.7. The van der Waals surface area contributed by atoms with Crippen LogP contribution >= 0.6 is 34.8 Å². The number of halogens is 1. The molecule has 0 spiro atoms. The lowest BCUT2D eigenvalue weighted by molar-refractivity contribution is 0.0730. The van der Waals surface area contributed by atoms with E-state index >= 15 is 0 Å². The molecule has 1 amide bonds. The van der Waals surface area contributed by atoms with Gasteiger partial charge >= 0.3 is 0 Å². The van der Waals surface area contributed by atoms with E-state index in [1.807, 2.05) is 6.07 Å². The van der Waals surface area contributed by atoms with Gasteiger partial charge in [-0.25, -0.2) is 8.42 Å². The summed E-state index contributed by atoms with van der Waals surface area (Å²) in [5, 5.41) is 5.62. The second-order valence-electron chi connectivity index (χ2n) is 5.96. The van der Waals surface area contributed by atoms with E-state index in [0.29, 0.717) is 37.6 Å². The number of hydrogen-bond acceptors (Lipinski definition) is 5. The molecular weight excluding hydrogens is 513 g/mol. The number of nitrogens with zero attached hydrogens (tertiary/aromatic N) is 1. The number of nitrogens with one attached hydrogen (secondary N) is 2. The first-order chi connectivity index (χ1) is 13.4. The molecule has 2 aromatic carbocycles. The third kappa shape index (κ3) is 5.26. The number of ether oxygens (including phenoxy) is 1. The predicted octanol–water partition coefficient (Wildman–Crippen LogP) is 2.44. The Balaban J connectivity index is 1.62. The van der Waals surface area contributed by atoms with Crippen molar-refractivity contribution in [2.24, 2.45) is 0 Å². The summed E-state index contributed by atoms with van der Waals surface area (Å²) in [6.45, 7) is 1.48. The third-order valence-corrected chi connectivity index (χ3v) is 6.82. The smallest absolute Gasteiger partial charge is 0.257 e. The van der Waals surface area contributed by atoms with E-state index in [0.717, 1.165) is 3.57 Å². The highest BCUT2D eigenvalue weighted by Gasteiger charge is 2.26. The van der Waals surface area contributed by atoms with E-state index in [1.54, 1.807) is 30.3 Å². The molecule has 0 aromatic heterocycles. The standard InChI is InChI=1S/C18H18IN3O4S2/c19-14-3-1-2-13(12-14)17(23)21-18(27)20-15-4-6-16(7-5-15)28(24,25)22-8-10-26-11-9-22/h1-7,12H,8-11H2,(H2,20,21,23,27). The van der Waals surface area contributed by atoms with E-state index in [2.05, 4.69) is 33.2 Å². The molecule has 28 heavy (non-hydrogen) atoms. The minimum Gasteiger partial charge on any atom is -0.379 e. The average molecular weight is 531 g/mol. The van der Waals surface area contributed by atoms with Gasteiger partial charge in [0.15, 0.2) is 5.11 Å². The molecule has 148 valence electrons. The predicted molar refractivity (Wildman–Crippen MR) is 119 cm³/mol. The summed E-state index contributed by atoms with van der Waals surface area (Å²) in [7, 11) is -3.54. The molecule has 1 fully saturated rings. The fraction of sp³-hybridized carbons (Fsp3) is 0.222. The van der Waals surface area contributed by atoms with Gasteiger partial charge in [-0.15, -0.1) is 0 Å². The Morgan fingerprint density at radius 1 is 1.11 bits per heavy atom. The van der Waals surface area contributed by atoms with E-state index in [9.17, 15) is 13.2 Å². The van der Waals surface area contributed by atoms with Gasteiger partial charge in [0.1, 0.15) is 0 Å². The van der Waals surface area contributed by atoms with Crippen LogP contribution in [0, 0.1) is 3.57 Å². The van der Waals surface area contributed by atoms with Gasteiger partial charge in [0.25, 0.3) is 5.91 Å². The van der Waals surface area contributed by atoms with Crippen molar-refractivity contribution in [3.8, 4) is 0 Å². The van der Waals surface area contributed by atoms with Gasteiger partial charge < -0.3 is 10.1 Å². The van der Waals surface area contributed by atoms with Crippen molar-refractivity contribution in [2.75, 3.05) is 31.6 Å². The third-order valence-electron chi connectivity index (χ3n) is 4.03. The zero-order chi connectivity index (χ0) is 20.1. The lowest BCUT2D eigenvalue weighted by Crippen LogP contribution is -2.40. The average Bonchev–Trinajstić information content (AvgIpc) is 2.69. The zero-order valence-corrected chi connectivity index (χ0v) is 18.5. The van der Waals surface area contributed by atoms with Crippen LogP contribution in [0.1, 0.15) is 10.4 Å². The fourth-order valence-corrected chi connectivity index (χ4v) is 4.78. The quantitative estimate of drug-likeness (QED) is 0.466. The fourth-order valence-electron chi connectivity index (χ4n) is 2.61. The lowest BCUT2D eigenvalue weighted by atomic mass is 10.2. The first-order valence-corrected chi connectivity index (χ1v) is 11.3. The van der Waals surface area contributed by atoms with Crippen molar-refractivity contribution < 1.29 is 17.9 Å². The topological polar surface area (TPSA) is 87.7 Å². The summed E-state index contributed by atoms with van der Waals surface area (Å²) in [5.74, 6) is -0.317. The molecule has 0 atom stereocenters. The van der Waals surface area contributed by atoms with E-state index < -0.39 is 10.0 Å². The van der Waals surface area contributed by atoms with E-state index in [1.165, 1.54) is 16.4 Å². The van der Waals surface area contributed by atoms with Crippen LogP contribution in [-0.4, -0.2) is 50.0 Å². The number of morpholine rings is 1. The van der Waals surface area contributed by atoms with Crippen LogP contribution in [0.25, 0.3) is 0 Å². The van der Waals surface area contributed by atoms with E-state index in [-0.39, 0.29) is 15.9 Å². The van der Waals surface area contributed by atoms with Crippen LogP contribution in [0.3, 0.4) is 0 Å². The van der Waals surface area contributed by atoms with Crippen LogP contribution < -0.4 is 10.6 Å². The minimum atomic E-state index is -3.54. The Bertz CT molecular complexity index is 975. The molecule has 2 aromatic rings. The second kappa shape index (κ2) is 9.27. The summed E-state index contributed by atoms with van der Waals surface area (Å²) in [6, 6.07) is 13.4. The maximum Gasteiger partial charge on any atom is 0.257 e. The molecule has 7 nitrogen and oxygen atoms in total. The van der Waals surface area contributed by atoms with Gasteiger partial charge in [-0.2, -0.15) is 4.31 Å². The normalized spacial score (nSPS) is 15.0. The number of rotatable bonds is 4. The molecule has 1 aliphatic rings. The highest BCUT2D eigenvalue weighted by molar-refractivity contribution is 14.1. The first kappa shape index (κ1) is 21.1. The summed E-state index contributed by atoms with van der Waals surface area (Å²) in [4.78, 5) is 12.4. The monoisotopic (exact) mass is 531 g/mol. The van der Waals surface area contributed by atoms with Crippen LogP contribution in [-0.2, 0) is 14.8 Å². The Morgan fingerprint density at radius 3 is 2.43 bits per heavy atom. The maximum atomic E-state index is 12.6. The number of hydrogen-bond donors (Lipinski definition) is 2. The van der Waals surface area contributed by atoms with Crippen LogP contribution in [0.4, 0.5) is 5.69 Å². The molecule has 3 rings (SSSR count). The number of thiocarbonyl (C=S) groups is 1. The lowest BCUT2D eigenvalue weighted by Gasteiger charge is -2.26. The van der Waals surface area contributed by atoms with Crippen molar-refractivity contribution in [3.63, 3.8) is 0 Å². The molecule has 2 N–H and O–H groups in total. The second-order valence-corrected chi connectivity index (χ2v) is 9.55. The maximum absolute atomic E-state index is 12.6. The molecule has 0 unspecified atom stereocenters. The summed E-state index contributed by atoms with van der Waals surface area (Å²) in [6.07, 6.45) is 0. The number of amides is 1. The van der Waals surface area contributed by atoms with E-state index in [4.69, 9.17) is 17.0 Å². The number of anilines is 1. The minimum absolute atomic E-state index is 0.132. The van der Waals surface area contributed by atoms with Gasteiger partial charge in [0, 0.05) is 27.9 Å². The largest absolute Gasteiger partial charge is 0.379 e. The van der Waals surface area contributed by atoms with Gasteiger partial charge in [0.05, 0.1) is 18.1 Å². The van der Waals surface area contributed by atoms with Gasteiger partial charge in [-0.3, -0.25) is 10.1 Å². The molecule has 1 heterocycles. The molecule has 10 heteroatoms. The van der Waals surface area contributed by atoms with Crippen molar-refractivity contribution in [2.45, 2.75) is 4.90 Å². The van der Waals surface area contributed by atoms with Crippen molar-refractivity contribution in [3.05, 3.63) is 57.7 Å². The molecule has 1 saturated heterocycles. The number of carbonyl (C=O) groups excluding carboxylic acids is 1. The molecule has 0 radical (unpaired) electrons. The molecular formula is C18H18IN3O4S2. The highest BCUT2D eigenvalue weighted by Crippen LogP contribution is 2.19. The SMILES string of the molecule is O=C(NC(=S)Nc1ccc(S(=O)(=O)N2CCOCC2)cc1)c1cccc(I)c1. The molecule has 0 aliphatic carbocycles.